The van der Waals surface area contributed by atoms with Crippen LogP contribution in [0, 0.1) is 11.8 Å². The summed E-state index contributed by atoms with van der Waals surface area (Å²) in [6.45, 7) is 4.33. The van der Waals surface area contributed by atoms with Gasteiger partial charge in [-0.15, -0.1) is 0 Å². The average Bonchev–Trinajstić information content (AvgIpc) is 3.69. The van der Waals surface area contributed by atoms with Crippen molar-refractivity contribution in [1.29, 1.82) is 0 Å². The van der Waals surface area contributed by atoms with E-state index in [-0.39, 0.29) is 17.8 Å². The lowest BCUT2D eigenvalue weighted by atomic mass is 9.78. The zero-order chi connectivity index (χ0) is 28.4. The third-order valence-corrected chi connectivity index (χ3v) is 8.92. The van der Waals surface area contributed by atoms with E-state index in [1.807, 2.05) is 24.3 Å². The van der Waals surface area contributed by atoms with Crippen LogP contribution in [-0.4, -0.2) is 59.3 Å². The van der Waals surface area contributed by atoms with Gasteiger partial charge in [0.05, 0.1) is 37.3 Å². The van der Waals surface area contributed by atoms with Gasteiger partial charge in [0.2, 0.25) is 0 Å². The Morgan fingerprint density at radius 3 is 2.05 bits per heavy atom. The summed E-state index contributed by atoms with van der Waals surface area (Å²) in [6, 6.07) is 14.7. The molecule has 1 N–H and O–H groups in total. The molecular weight excluding hydrogens is 540 g/mol. The molecular formula is C33H43ClN2O5. The highest BCUT2D eigenvalue weighted by Gasteiger charge is 2.39. The molecule has 1 saturated carbocycles. The second-order valence-corrected chi connectivity index (χ2v) is 12.1. The van der Waals surface area contributed by atoms with Crippen LogP contribution in [0.2, 0.25) is 5.02 Å². The lowest BCUT2D eigenvalue weighted by molar-refractivity contribution is -0.0436. The highest BCUT2D eigenvalue weighted by Crippen LogP contribution is 2.34. The van der Waals surface area contributed by atoms with Crippen molar-refractivity contribution in [2.45, 2.75) is 76.7 Å². The van der Waals surface area contributed by atoms with Crippen LogP contribution < -0.4 is 0 Å². The van der Waals surface area contributed by atoms with Gasteiger partial charge in [-0.05, 0) is 86.8 Å². The Labute approximate surface area is 248 Å². The van der Waals surface area contributed by atoms with E-state index in [1.165, 1.54) is 12.8 Å². The van der Waals surface area contributed by atoms with Gasteiger partial charge >= 0.3 is 5.97 Å². The first-order valence-electron chi connectivity index (χ1n) is 15.2. The fourth-order valence-corrected chi connectivity index (χ4v) is 6.66. The Morgan fingerprint density at radius 2 is 1.41 bits per heavy atom. The Morgan fingerprint density at radius 1 is 0.805 bits per heavy atom. The average molecular weight is 583 g/mol. The predicted octanol–water partition coefficient (Wildman–Crippen LogP) is 6.80. The second kappa shape index (κ2) is 15.1. The van der Waals surface area contributed by atoms with Gasteiger partial charge in [-0.3, -0.25) is 9.80 Å². The summed E-state index contributed by atoms with van der Waals surface area (Å²) in [5.74, 6) is 1.42. The number of rotatable bonds is 7. The number of ether oxygens (including phenoxy) is 1. The zero-order valence-corrected chi connectivity index (χ0v) is 24.6. The van der Waals surface area contributed by atoms with E-state index in [4.69, 9.17) is 25.2 Å². The summed E-state index contributed by atoms with van der Waals surface area (Å²) in [7, 11) is 0. The quantitative estimate of drug-likeness (QED) is 0.307. The maximum Gasteiger partial charge on any atom is 0.338 e. The van der Waals surface area contributed by atoms with Crippen molar-refractivity contribution in [1.82, 2.24) is 9.80 Å². The van der Waals surface area contributed by atoms with Crippen LogP contribution in [0.3, 0.4) is 0 Å². The molecule has 1 saturated heterocycles. The summed E-state index contributed by atoms with van der Waals surface area (Å²) in [6.07, 6.45) is 10.9. The van der Waals surface area contributed by atoms with Crippen molar-refractivity contribution in [3.63, 3.8) is 0 Å². The minimum atomic E-state index is -0.431. The summed E-state index contributed by atoms with van der Waals surface area (Å²) in [5.41, 5.74) is 0.480. The Kier molecular flexibility index (Phi) is 11.0. The van der Waals surface area contributed by atoms with Crippen molar-refractivity contribution in [2.24, 2.45) is 11.8 Å². The molecule has 41 heavy (non-hydrogen) atoms. The molecule has 5 rings (SSSR count). The summed E-state index contributed by atoms with van der Waals surface area (Å²) in [4.78, 5) is 18.3. The number of benzene rings is 1. The Hall–Kier alpha value is -2.58. The molecule has 2 aliphatic rings. The minimum absolute atomic E-state index is 0.0266. The van der Waals surface area contributed by atoms with Gasteiger partial charge in [0.25, 0.3) is 0 Å². The number of halogens is 1. The van der Waals surface area contributed by atoms with Crippen LogP contribution in [0.4, 0.5) is 0 Å². The van der Waals surface area contributed by atoms with Crippen LogP contribution in [0.15, 0.2) is 69.9 Å². The van der Waals surface area contributed by atoms with Crippen LogP contribution >= 0.6 is 11.6 Å². The Balaban J connectivity index is 1.48. The molecule has 222 valence electrons. The maximum absolute atomic E-state index is 13.6. The first kappa shape index (κ1) is 29.9. The molecule has 2 fully saturated rings. The number of carbonyl (C=O) groups is 1. The first-order chi connectivity index (χ1) is 20.0. The molecule has 4 atom stereocenters. The molecule has 3 heterocycles. The van der Waals surface area contributed by atoms with E-state index in [2.05, 4.69) is 9.80 Å². The molecule has 1 aliphatic carbocycles. The lowest BCUT2D eigenvalue weighted by Gasteiger charge is -2.39. The summed E-state index contributed by atoms with van der Waals surface area (Å²) in [5, 5.41) is 12.2. The topological polar surface area (TPSA) is 79.3 Å². The van der Waals surface area contributed by atoms with E-state index >= 15 is 0 Å². The molecule has 0 spiro atoms. The molecule has 2 aromatic heterocycles. The standard InChI is InChI=1S/C33H43ClN2O5/c34-26-15-13-25(14-16-26)33(38)41-32-24-36(22-28-10-7-20-40-28)18-8-17-35(21-27-9-6-19-39-27)23-30(32)29-11-4-2-1-3-5-12-31(29)37/h6-7,9-10,13-16,19-20,29-32,37H,1-5,8,11-12,17-18,21-24H2. The van der Waals surface area contributed by atoms with Crippen molar-refractivity contribution in [2.75, 3.05) is 26.2 Å². The van der Waals surface area contributed by atoms with E-state index < -0.39 is 12.2 Å². The van der Waals surface area contributed by atoms with Gasteiger partial charge in [-0.1, -0.05) is 43.7 Å². The van der Waals surface area contributed by atoms with Crippen molar-refractivity contribution >= 4 is 17.6 Å². The largest absolute Gasteiger partial charge is 0.468 e. The van der Waals surface area contributed by atoms with Crippen LogP contribution in [-0.2, 0) is 17.8 Å². The number of esters is 1. The molecule has 4 unspecified atom stereocenters. The van der Waals surface area contributed by atoms with Gasteiger partial charge in [-0.25, -0.2) is 4.79 Å². The normalized spacial score (nSPS) is 25.7. The molecule has 8 heteroatoms. The van der Waals surface area contributed by atoms with Crippen LogP contribution in [0.5, 0.6) is 0 Å². The van der Waals surface area contributed by atoms with Crippen LogP contribution in [0.25, 0.3) is 0 Å². The lowest BCUT2D eigenvalue weighted by Crippen LogP contribution is -2.47. The molecule has 1 aromatic carbocycles. The SMILES string of the molecule is O=C(OC1CN(Cc2ccco2)CCCN(Cc2ccco2)CC1C1CCCCCCCC1O)c1ccc(Cl)cc1. The zero-order valence-electron chi connectivity index (χ0n) is 23.8. The molecule has 0 radical (unpaired) electrons. The molecule has 0 bridgehead atoms. The summed E-state index contributed by atoms with van der Waals surface area (Å²) < 4.78 is 17.9. The third-order valence-electron chi connectivity index (χ3n) is 8.67. The first-order valence-corrected chi connectivity index (χ1v) is 15.6. The van der Waals surface area contributed by atoms with E-state index in [9.17, 15) is 9.90 Å². The molecule has 7 nitrogen and oxygen atoms in total. The summed E-state index contributed by atoms with van der Waals surface area (Å²) >= 11 is 6.10. The predicted molar refractivity (Wildman–Crippen MR) is 159 cm³/mol. The monoisotopic (exact) mass is 582 g/mol. The maximum atomic E-state index is 13.6. The number of hydrogen-bond acceptors (Lipinski definition) is 7. The second-order valence-electron chi connectivity index (χ2n) is 11.7. The van der Waals surface area contributed by atoms with E-state index in [0.29, 0.717) is 30.2 Å². The smallest absolute Gasteiger partial charge is 0.338 e. The van der Waals surface area contributed by atoms with Gasteiger partial charge in [0.15, 0.2) is 0 Å². The number of furan rings is 2. The Bertz CT molecular complexity index is 1170. The molecule has 0 amide bonds. The van der Waals surface area contributed by atoms with Gasteiger partial charge in [0, 0.05) is 24.0 Å². The van der Waals surface area contributed by atoms with Crippen molar-refractivity contribution < 1.29 is 23.5 Å². The fraction of sp³-hybridized carbons (Fsp3) is 0.545. The third kappa shape index (κ3) is 8.71. The van der Waals surface area contributed by atoms with Gasteiger partial charge < -0.3 is 18.7 Å². The van der Waals surface area contributed by atoms with Crippen molar-refractivity contribution in [3.8, 4) is 0 Å². The van der Waals surface area contributed by atoms with Crippen LogP contribution in [0.1, 0.15) is 73.2 Å². The number of aliphatic hydroxyl groups is 1. The molecule has 1 aliphatic heterocycles. The van der Waals surface area contributed by atoms with Gasteiger partial charge in [-0.2, -0.15) is 0 Å². The van der Waals surface area contributed by atoms with E-state index in [1.54, 1.807) is 36.8 Å². The number of aliphatic hydroxyl groups excluding tert-OH is 1. The number of hydrogen-bond donors (Lipinski definition) is 1. The fourth-order valence-electron chi connectivity index (χ4n) is 6.54. The van der Waals surface area contributed by atoms with E-state index in [0.717, 1.165) is 69.7 Å². The minimum Gasteiger partial charge on any atom is -0.468 e. The number of nitrogens with zero attached hydrogens (tertiary/aromatic N) is 2. The highest BCUT2D eigenvalue weighted by atomic mass is 35.5. The van der Waals surface area contributed by atoms with Crippen molar-refractivity contribution in [3.05, 3.63) is 83.2 Å². The number of carbonyl (C=O) groups excluding carboxylic acids is 1. The van der Waals surface area contributed by atoms with Gasteiger partial charge in [0.1, 0.15) is 17.6 Å². The highest BCUT2D eigenvalue weighted by molar-refractivity contribution is 6.30. The molecule has 3 aromatic rings.